The molecule has 1 amide bonds. The second-order valence-corrected chi connectivity index (χ2v) is 7.40. The van der Waals surface area contributed by atoms with Crippen molar-refractivity contribution in [3.63, 3.8) is 0 Å². The van der Waals surface area contributed by atoms with Gasteiger partial charge in [0, 0.05) is 13.7 Å². The summed E-state index contributed by atoms with van der Waals surface area (Å²) in [7, 11) is 1.72. The Morgan fingerprint density at radius 2 is 1.68 bits per heavy atom. The molecule has 0 aliphatic rings. The summed E-state index contributed by atoms with van der Waals surface area (Å²) in [5.74, 6) is 0. The normalized spacial score (nSPS) is 12.1. The lowest BCUT2D eigenvalue weighted by Crippen LogP contribution is -2.32. The van der Waals surface area contributed by atoms with E-state index >= 15 is 0 Å². The van der Waals surface area contributed by atoms with Gasteiger partial charge in [-0.3, -0.25) is 0 Å². The Bertz CT molecular complexity index is 489. The van der Waals surface area contributed by atoms with Crippen LogP contribution in [0.15, 0.2) is 24.3 Å². The molecule has 4 heteroatoms. The third-order valence-electron chi connectivity index (χ3n) is 3.14. The minimum Gasteiger partial charge on any atom is -0.444 e. The molecule has 0 aliphatic carbocycles. The maximum absolute atomic E-state index is 11.8. The van der Waals surface area contributed by atoms with Gasteiger partial charge >= 0.3 is 6.09 Å². The van der Waals surface area contributed by atoms with E-state index in [1.807, 2.05) is 39.0 Å². The van der Waals surface area contributed by atoms with Gasteiger partial charge in [0.25, 0.3) is 0 Å². The van der Waals surface area contributed by atoms with E-state index < -0.39 is 11.7 Å². The van der Waals surface area contributed by atoms with Gasteiger partial charge in [-0.05, 0) is 43.7 Å². The van der Waals surface area contributed by atoms with Crippen molar-refractivity contribution in [1.82, 2.24) is 5.32 Å². The summed E-state index contributed by atoms with van der Waals surface area (Å²) in [5.41, 5.74) is 1.90. The third kappa shape index (κ3) is 6.94. The molecule has 0 atom stereocenters. The van der Waals surface area contributed by atoms with Gasteiger partial charge in [-0.15, -0.1) is 0 Å². The summed E-state index contributed by atoms with van der Waals surface area (Å²) in [6.07, 6.45) is 0.506. The van der Waals surface area contributed by atoms with E-state index in [1.54, 1.807) is 7.11 Å². The molecule has 22 heavy (non-hydrogen) atoms. The van der Waals surface area contributed by atoms with Crippen molar-refractivity contribution in [2.75, 3.05) is 13.7 Å². The number of hydrogen-bond donors (Lipinski definition) is 1. The Kier molecular flexibility index (Phi) is 6.42. The van der Waals surface area contributed by atoms with Gasteiger partial charge in [0.1, 0.15) is 5.60 Å². The lowest BCUT2D eigenvalue weighted by Gasteiger charge is -2.25. The van der Waals surface area contributed by atoms with Crippen molar-refractivity contribution in [3.8, 4) is 0 Å². The molecule has 0 fully saturated rings. The number of benzene rings is 1. The van der Waals surface area contributed by atoms with Crippen LogP contribution in [0.5, 0.6) is 0 Å². The van der Waals surface area contributed by atoms with E-state index in [0.717, 1.165) is 12.0 Å². The topological polar surface area (TPSA) is 47.6 Å². The lowest BCUT2D eigenvalue weighted by atomic mass is 9.85. The molecule has 1 aromatic rings. The number of hydrogen-bond acceptors (Lipinski definition) is 3. The number of rotatable bonds is 6. The van der Waals surface area contributed by atoms with Crippen LogP contribution in [0.1, 0.15) is 45.7 Å². The second-order valence-electron chi connectivity index (χ2n) is 7.40. The van der Waals surface area contributed by atoms with E-state index in [2.05, 4.69) is 25.2 Å². The van der Waals surface area contributed by atoms with E-state index in [9.17, 15) is 4.79 Å². The first-order valence-corrected chi connectivity index (χ1v) is 7.65. The Balaban J connectivity index is 2.70. The fourth-order valence-electron chi connectivity index (χ4n) is 2.34. The van der Waals surface area contributed by atoms with Crippen LogP contribution in [0.2, 0.25) is 0 Å². The standard InChI is InChI=1S/C18H29NO3/c1-17(2,3)22-16(20)19-12-15-10-8-7-9-14(15)11-18(4,5)13-21-6/h7-10H,11-13H2,1-6H3,(H,19,20). The molecule has 0 unspecified atom stereocenters. The van der Waals surface area contributed by atoms with Crippen molar-refractivity contribution < 1.29 is 14.3 Å². The highest BCUT2D eigenvalue weighted by Gasteiger charge is 2.20. The SMILES string of the molecule is COCC(C)(C)Cc1ccccc1CNC(=O)OC(C)(C)C. The smallest absolute Gasteiger partial charge is 0.407 e. The molecule has 0 heterocycles. The van der Waals surface area contributed by atoms with Crippen molar-refractivity contribution >= 4 is 6.09 Å². The fraction of sp³-hybridized carbons (Fsp3) is 0.611. The Morgan fingerprint density at radius 3 is 2.23 bits per heavy atom. The predicted molar refractivity (Wildman–Crippen MR) is 88.9 cm³/mol. The first-order valence-electron chi connectivity index (χ1n) is 7.65. The molecule has 1 rings (SSSR count). The molecule has 1 N–H and O–H groups in total. The molecule has 0 aliphatic heterocycles. The summed E-state index contributed by atoms with van der Waals surface area (Å²) in [6.45, 7) is 11.1. The molecule has 124 valence electrons. The van der Waals surface area contributed by atoms with Gasteiger partial charge in [-0.1, -0.05) is 38.1 Å². The maximum atomic E-state index is 11.8. The van der Waals surface area contributed by atoms with Crippen molar-refractivity contribution in [3.05, 3.63) is 35.4 Å². The maximum Gasteiger partial charge on any atom is 0.407 e. The molecule has 0 aromatic heterocycles. The number of ether oxygens (including phenoxy) is 2. The number of amides is 1. The number of nitrogens with one attached hydrogen (secondary N) is 1. The summed E-state index contributed by atoms with van der Waals surface area (Å²) >= 11 is 0. The van der Waals surface area contributed by atoms with Crippen LogP contribution in [0, 0.1) is 5.41 Å². The number of carbonyl (C=O) groups excluding carboxylic acids is 1. The minimum atomic E-state index is -0.482. The van der Waals surface area contributed by atoms with Gasteiger partial charge in [-0.25, -0.2) is 4.79 Å². The minimum absolute atomic E-state index is 0.0524. The van der Waals surface area contributed by atoms with Crippen LogP contribution >= 0.6 is 0 Å². The zero-order valence-corrected chi connectivity index (χ0v) is 14.7. The first-order chi connectivity index (χ1) is 10.1. The van der Waals surface area contributed by atoms with E-state index in [0.29, 0.717) is 13.2 Å². The van der Waals surface area contributed by atoms with Crippen LogP contribution in [0.3, 0.4) is 0 Å². The summed E-state index contributed by atoms with van der Waals surface area (Å²) in [6, 6.07) is 8.15. The predicted octanol–water partition coefficient (Wildman–Crippen LogP) is 3.93. The molecule has 0 saturated carbocycles. The largest absolute Gasteiger partial charge is 0.444 e. The molecule has 1 aromatic carbocycles. The average Bonchev–Trinajstić information content (AvgIpc) is 2.35. The zero-order valence-electron chi connectivity index (χ0n) is 14.7. The molecular weight excluding hydrogens is 278 g/mol. The Morgan fingerprint density at radius 1 is 1.09 bits per heavy atom. The number of methoxy groups -OCH3 is 1. The second kappa shape index (κ2) is 7.63. The van der Waals surface area contributed by atoms with E-state index in [-0.39, 0.29) is 5.41 Å². The molecule has 0 bridgehead atoms. The summed E-state index contributed by atoms with van der Waals surface area (Å²) < 4.78 is 10.6. The highest BCUT2D eigenvalue weighted by atomic mass is 16.6. The highest BCUT2D eigenvalue weighted by Crippen LogP contribution is 2.24. The van der Waals surface area contributed by atoms with Gasteiger partial charge in [-0.2, -0.15) is 0 Å². The van der Waals surface area contributed by atoms with Gasteiger partial charge in [0.2, 0.25) is 0 Å². The van der Waals surface area contributed by atoms with Crippen LogP contribution in [0.25, 0.3) is 0 Å². The van der Waals surface area contributed by atoms with Crippen molar-refractivity contribution in [1.29, 1.82) is 0 Å². The molecular formula is C18H29NO3. The Hall–Kier alpha value is -1.55. The van der Waals surface area contributed by atoms with Gasteiger partial charge in [0.15, 0.2) is 0 Å². The monoisotopic (exact) mass is 307 g/mol. The third-order valence-corrected chi connectivity index (χ3v) is 3.14. The molecule has 0 spiro atoms. The van der Waals surface area contributed by atoms with E-state index in [1.165, 1.54) is 5.56 Å². The summed E-state index contributed by atoms with van der Waals surface area (Å²) in [5, 5.41) is 2.82. The van der Waals surface area contributed by atoms with Crippen molar-refractivity contribution in [2.24, 2.45) is 5.41 Å². The van der Waals surface area contributed by atoms with Gasteiger partial charge < -0.3 is 14.8 Å². The van der Waals surface area contributed by atoms with E-state index in [4.69, 9.17) is 9.47 Å². The zero-order chi connectivity index (χ0) is 16.8. The van der Waals surface area contributed by atoms with Crippen molar-refractivity contribution in [2.45, 2.75) is 53.2 Å². The number of carbonyl (C=O) groups is 1. The van der Waals surface area contributed by atoms with Crippen LogP contribution in [-0.2, 0) is 22.4 Å². The Labute approximate surface area is 134 Å². The van der Waals surface area contributed by atoms with Crippen LogP contribution < -0.4 is 5.32 Å². The van der Waals surface area contributed by atoms with Gasteiger partial charge in [0.05, 0.1) is 6.61 Å². The molecule has 0 saturated heterocycles. The quantitative estimate of drug-likeness (QED) is 0.866. The first kappa shape index (κ1) is 18.5. The lowest BCUT2D eigenvalue weighted by molar-refractivity contribution is 0.0523. The molecule has 4 nitrogen and oxygen atoms in total. The fourth-order valence-corrected chi connectivity index (χ4v) is 2.34. The molecule has 0 radical (unpaired) electrons. The highest BCUT2D eigenvalue weighted by molar-refractivity contribution is 5.67. The number of alkyl carbamates (subject to hydrolysis) is 1. The average molecular weight is 307 g/mol. The summed E-state index contributed by atoms with van der Waals surface area (Å²) in [4.78, 5) is 11.8. The van der Waals surface area contributed by atoms with Crippen LogP contribution in [0.4, 0.5) is 4.79 Å². The van der Waals surface area contributed by atoms with Crippen LogP contribution in [-0.4, -0.2) is 25.4 Å².